The van der Waals surface area contributed by atoms with Crippen LogP contribution in [0.1, 0.15) is 25.5 Å². The number of halogens is 1. The summed E-state index contributed by atoms with van der Waals surface area (Å²) in [6.45, 7) is 6.01. The van der Waals surface area contributed by atoms with Crippen molar-refractivity contribution in [1.29, 1.82) is 0 Å². The highest BCUT2D eigenvalue weighted by Gasteiger charge is 2.22. The number of hydrogen-bond acceptors (Lipinski definition) is 2. The van der Waals surface area contributed by atoms with Gasteiger partial charge in [0.1, 0.15) is 12.4 Å². The lowest BCUT2D eigenvalue weighted by Crippen LogP contribution is -2.26. The van der Waals surface area contributed by atoms with Crippen LogP contribution in [-0.4, -0.2) is 13.2 Å². The number of rotatable bonds is 1. The number of nitrogens with one attached hydrogen (secondary N) is 1. The number of hydrogen-bond donors (Lipinski definition) is 1. The highest BCUT2D eigenvalue weighted by atomic mass is 35.5. The fraction of sp³-hybridized carbons (Fsp3) is 0.500. The molecule has 3 heteroatoms. The quantitative estimate of drug-likeness (QED) is 0.794. The minimum Gasteiger partial charge on any atom is -0.492 e. The lowest BCUT2D eigenvalue weighted by Gasteiger charge is -2.21. The molecule has 1 aliphatic rings. The Kier molecular flexibility index (Phi) is 3.17. The highest BCUT2D eigenvalue weighted by Crippen LogP contribution is 2.33. The van der Waals surface area contributed by atoms with Crippen molar-refractivity contribution in [3.05, 3.63) is 28.8 Å². The number of benzene rings is 1. The van der Waals surface area contributed by atoms with E-state index < -0.39 is 0 Å². The molecule has 1 aromatic rings. The van der Waals surface area contributed by atoms with Crippen LogP contribution in [0.25, 0.3) is 0 Å². The van der Waals surface area contributed by atoms with Crippen molar-refractivity contribution in [3.8, 4) is 5.75 Å². The zero-order chi connectivity index (χ0) is 10.8. The monoisotopic (exact) mass is 225 g/mol. The average molecular weight is 226 g/mol. The molecule has 2 rings (SSSR count). The molecule has 1 aliphatic heterocycles. The molecule has 0 aromatic heterocycles. The summed E-state index contributed by atoms with van der Waals surface area (Å²) in [4.78, 5) is 0. The van der Waals surface area contributed by atoms with Gasteiger partial charge in [-0.25, -0.2) is 0 Å². The van der Waals surface area contributed by atoms with E-state index in [1.165, 1.54) is 5.56 Å². The first-order valence-electron chi connectivity index (χ1n) is 5.34. The third kappa shape index (κ3) is 2.27. The molecular weight excluding hydrogens is 210 g/mol. The van der Waals surface area contributed by atoms with E-state index in [1.54, 1.807) is 0 Å². The van der Waals surface area contributed by atoms with Gasteiger partial charge in [-0.05, 0) is 24.1 Å². The number of ether oxygens (including phenoxy) is 1. The average Bonchev–Trinajstić information content (AvgIpc) is 2.39. The summed E-state index contributed by atoms with van der Waals surface area (Å²) < 4.78 is 5.66. The van der Waals surface area contributed by atoms with Crippen molar-refractivity contribution in [2.24, 2.45) is 5.92 Å². The van der Waals surface area contributed by atoms with Crippen LogP contribution in [0.15, 0.2) is 18.2 Å². The Morgan fingerprint density at radius 2 is 2.27 bits per heavy atom. The van der Waals surface area contributed by atoms with E-state index in [0.29, 0.717) is 12.0 Å². The maximum Gasteiger partial charge on any atom is 0.124 e. The minimum atomic E-state index is 0.334. The maximum atomic E-state index is 6.02. The predicted octanol–water partition coefficient (Wildman–Crippen LogP) is 3.02. The van der Waals surface area contributed by atoms with Crippen molar-refractivity contribution < 1.29 is 4.74 Å². The van der Waals surface area contributed by atoms with E-state index in [0.717, 1.165) is 23.9 Å². The zero-order valence-electron chi connectivity index (χ0n) is 9.09. The fourth-order valence-corrected chi connectivity index (χ4v) is 2.15. The molecule has 15 heavy (non-hydrogen) atoms. The maximum absolute atomic E-state index is 6.02. The summed E-state index contributed by atoms with van der Waals surface area (Å²) in [5.41, 5.74) is 1.18. The molecule has 1 unspecified atom stereocenters. The van der Waals surface area contributed by atoms with Crippen LogP contribution in [-0.2, 0) is 0 Å². The molecular formula is C12H16ClNO. The van der Waals surface area contributed by atoms with E-state index in [9.17, 15) is 0 Å². The molecule has 0 saturated carbocycles. The van der Waals surface area contributed by atoms with Crippen molar-refractivity contribution in [2.75, 3.05) is 13.2 Å². The molecule has 82 valence electrons. The second-order valence-electron chi connectivity index (χ2n) is 4.21. The second-order valence-corrected chi connectivity index (χ2v) is 4.64. The van der Waals surface area contributed by atoms with Gasteiger partial charge in [0.25, 0.3) is 0 Å². The van der Waals surface area contributed by atoms with Crippen LogP contribution in [0, 0.1) is 5.92 Å². The second kappa shape index (κ2) is 4.42. The van der Waals surface area contributed by atoms with Gasteiger partial charge >= 0.3 is 0 Å². The van der Waals surface area contributed by atoms with Crippen LogP contribution < -0.4 is 10.1 Å². The molecule has 1 aromatic carbocycles. The van der Waals surface area contributed by atoms with Gasteiger partial charge < -0.3 is 10.1 Å². The minimum absolute atomic E-state index is 0.334. The first-order valence-corrected chi connectivity index (χ1v) is 5.72. The van der Waals surface area contributed by atoms with E-state index >= 15 is 0 Å². The van der Waals surface area contributed by atoms with E-state index in [1.807, 2.05) is 18.2 Å². The molecule has 1 N–H and O–H groups in total. The molecule has 0 saturated heterocycles. The van der Waals surface area contributed by atoms with Gasteiger partial charge in [-0.2, -0.15) is 0 Å². The Morgan fingerprint density at radius 1 is 1.47 bits per heavy atom. The normalized spacial score (nSPS) is 20.7. The van der Waals surface area contributed by atoms with Crippen LogP contribution in [0.5, 0.6) is 5.75 Å². The molecule has 0 amide bonds. The van der Waals surface area contributed by atoms with E-state index in [2.05, 4.69) is 19.2 Å². The topological polar surface area (TPSA) is 21.3 Å². The van der Waals surface area contributed by atoms with E-state index in [-0.39, 0.29) is 0 Å². The van der Waals surface area contributed by atoms with Gasteiger partial charge in [-0.15, -0.1) is 0 Å². The summed E-state index contributed by atoms with van der Waals surface area (Å²) in [7, 11) is 0. The van der Waals surface area contributed by atoms with Crippen molar-refractivity contribution in [2.45, 2.75) is 19.9 Å². The third-order valence-corrected chi connectivity index (χ3v) is 2.93. The smallest absolute Gasteiger partial charge is 0.124 e. The largest absolute Gasteiger partial charge is 0.492 e. The summed E-state index contributed by atoms with van der Waals surface area (Å²) in [5, 5.41) is 4.25. The fourth-order valence-electron chi connectivity index (χ4n) is 1.97. The summed E-state index contributed by atoms with van der Waals surface area (Å²) in [6.07, 6.45) is 0. The third-order valence-electron chi connectivity index (χ3n) is 2.70. The molecule has 0 spiro atoms. The van der Waals surface area contributed by atoms with Gasteiger partial charge in [-0.3, -0.25) is 0 Å². The Hall–Kier alpha value is -0.730. The highest BCUT2D eigenvalue weighted by molar-refractivity contribution is 6.30. The lowest BCUT2D eigenvalue weighted by molar-refractivity contribution is 0.321. The molecule has 0 bridgehead atoms. The molecule has 1 heterocycles. The first kappa shape index (κ1) is 10.8. The van der Waals surface area contributed by atoms with Gasteiger partial charge in [0.05, 0.1) is 0 Å². The zero-order valence-corrected chi connectivity index (χ0v) is 9.84. The Balaban J connectivity index is 2.42. The van der Waals surface area contributed by atoms with Crippen molar-refractivity contribution >= 4 is 11.6 Å². The van der Waals surface area contributed by atoms with Crippen LogP contribution in [0.4, 0.5) is 0 Å². The summed E-state index contributed by atoms with van der Waals surface area (Å²) in [5.74, 6) is 1.49. The Morgan fingerprint density at radius 3 is 3.00 bits per heavy atom. The Bertz CT molecular complexity index is 351. The van der Waals surface area contributed by atoms with E-state index in [4.69, 9.17) is 16.3 Å². The number of fused-ring (bicyclic) bond motifs is 1. The summed E-state index contributed by atoms with van der Waals surface area (Å²) in [6, 6.07) is 6.17. The molecule has 0 aliphatic carbocycles. The van der Waals surface area contributed by atoms with Crippen molar-refractivity contribution in [3.63, 3.8) is 0 Å². The van der Waals surface area contributed by atoms with Gasteiger partial charge in [0.15, 0.2) is 0 Å². The van der Waals surface area contributed by atoms with Crippen LogP contribution in [0.3, 0.4) is 0 Å². The lowest BCUT2D eigenvalue weighted by atomic mass is 9.95. The molecule has 1 atom stereocenters. The first-order chi connectivity index (χ1) is 7.18. The molecule has 2 nitrogen and oxygen atoms in total. The Labute approximate surface area is 95.6 Å². The SMILES string of the molecule is CC(C)C1NCCOc2ccc(Cl)cc21. The summed E-state index contributed by atoms with van der Waals surface area (Å²) >= 11 is 6.02. The van der Waals surface area contributed by atoms with Gasteiger partial charge in [0.2, 0.25) is 0 Å². The standard InChI is InChI=1S/C12H16ClNO/c1-8(2)12-10-7-9(13)3-4-11(10)15-6-5-14-12/h3-4,7-8,12,14H,5-6H2,1-2H3. The van der Waals surface area contributed by atoms with Crippen LogP contribution in [0.2, 0.25) is 5.02 Å². The van der Waals surface area contributed by atoms with Gasteiger partial charge in [0, 0.05) is 23.2 Å². The molecule has 0 fully saturated rings. The van der Waals surface area contributed by atoms with Gasteiger partial charge in [-0.1, -0.05) is 25.4 Å². The van der Waals surface area contributed by atoms with Crippen molar-refractivity contribution in [1.82, 2.24) is 5.32 Å². The molecule has 0 radical (unpaired) electrons. The van der Waals surface area contributed by atoms with Crippen LogP contribution >= 0.6 is 11.6 Å². The predicted molar refractivity (Wildman–Crippen MR) is 62.5 cm³/mol.